The van der Waals surface area contributed by atoms with Gasteiger partial charge in [-0.1, -0.05) is 22.0 Å². The lowest BCUT2D eigenvalue weighted by Crippen LogP contribution is -2.48. The second kappa shape index (κ2) is 7.54. The molecule has 0 bridgehead atoms. The number of ether oxygens (including phenoxy) is 1. The Morgan fingerprint density at radius 2 is 2.18 bits per heavy atom. The zero-order valence-corrected chi connectivity index (χ0v) is 13.9. The van der Waals surface area contributed by atoms with Crippen molar-refractivity contribution in [2.24, 2.45) is 5.92 Å². The zero-order chi connectivity index (χ0) is 16.1. The molecule has 0 heterocycles. The van der Waals surface area contributed by atoms with E-state index in [9.17, 15) is 14.4 Å². The Labute approximate surface area is 137 Å². The molecular formula is C16H18BrNO4. The van der Waals surface area contributed by atoms with E-state index in [1.54, 1.807) is 18.2 Å². The van der Waals surface area contributed by atoms with Crippen molar-refractivity contribution in [3.63, 3.8) is 0 Å². The van der Waals surface area contributed by atoms with E-state index in [1.807, 2.05) is 6.07 Å². The van der Waals surface area contributed by atoms with Gasteiger partial charge in [-0.25, -0.2) is 4.79 Å². The highest BCUT2D eigenvalue weighted by Gasteiger charge is 2.34. The zero-order valence-electron chi connectivity index (χ0n) is 12.3. The average Bonchev–Trinajstić information content (AvgIpc) is 2.51. The first kappa shape index (κ1) is 16.7. The molecule has 1 aromatic rings. The number of esters is 1. The van der Waals surface area contributed by atoms with E-state index in [1.165, 1.54) is 7.11 Å². The third-order valence-electron chi connectivity index (χ3n) is 3.82. The third-order valence-corrected chi connectivity index (χ3v) is 4.31. The SMILES string of the molecule is COC(=O)[C@@H](NC(=O)c1cccc(Br)c1)[C@@H]1CCCC(=O)C1. The molecule has 2 atom stereocenters. The molecule has 118 valence electrons. The van der Waals surface area contributed by atoms with Gasteiger partial charge in [-0.05, 0) is 37.0 Å². The minimum atomic E-state index is -0.791. The summed E-state index contributed by atoms with van der Waals surface area (Å²) in [6.07, 6.45) is 2.32. The molecule has 5 nitrogen and oxygen atoms in total. The fraction of sp³-hybridized carbons (Fsp3) is 0.438. The number of carbonyl (C=O) groups excluding carboxylic acids is 3. The van der Waals surface area contributed by atoms with Crippen LogP contribution in [-0.4, -0.2) is 30.8 Å². The molecule has 1 N–H and O–H groups in total. The van der Waals surface area contributed by atoms with Gasteiger partial charge in [-0.3, -0.25) is 9.59 Å². The van der Waals surface area contributed by atoms with E-state index in [4.69, 9.17) is 4.74 Å². The van der Waals surface area contributed by atoms with E-state index < -0.39 is 12.0 Å². The Balaban J connectivity index is 2.14. The highest BCUT2D eigenvalue weighted by atomic mass is 79.9. The molecule has 1 aliphatic rings. The summed E-state index contributed by atoms with van der Waals surface area (Å²) < 4.78 is 5.57. The maximum atomic E-state index is 12.3. The molecule has 2 rings (SSSR count). The molecule has 1 fully saturated rings. The molecular weight excluding hydrogens is 350 g/mol. The number of nitrogens with one attached hydrogen (secondary N) is 1. The lowest BCUT2D eigenvalue weighted by Gasteiger charge is -2.28. The normalized spacial score (nSPS) is 19.4. The predicted octanol–water partition coefficient (Wildman–Crippen LogP) is 2.48. The maximum Gasteiger partial charge on any atom is 0.328 e. The third kappa shape index (κ3) is 4.16. The molecule has 0 saturated heterocycles. The Hall–Kier alpha value is -1.69. The van der Waals surface area contributed by atoms with Crippen molar-refractivity contribution in [2.45, 2.75) is 31.7 Å². The van der Waals surface area contributed by atoms with Crippen molar-refractivity contribution < 1.29 is 19.1 Å². The molecule has 1 aliphatic carbocycles. The Morgan fingerprint density at radius 1 is 1.41 bits per heavy atom. The molecule has 0 spiro atoms. The molecule has 0 unspecified atom stereocenters. The molecule has 1 aromatic carbocycles. The van der Waals surface area contributed by atoms with Crippen LogP contribution in [0.4, 0.5) is 0 Å². The smallest absolute Gasteiger partial charge is 0.328 e. The van der Waals surface area contributed by atoms with Gasteiger partial charge in [0.1, 0.15) is 11.8 Å². The van der Waals surface area contributed by atoms with Crippen molar-refractivity contribution in [1.29, 1.82) is 0 Å². The molecule has 6 heteroatoms. The van der Waals surface area contributed by atoms with Crippen LogP contribution in [0.3, 0.4) is 0 Å². The van der Waals surface area contributed by atoms with Crippen LogP contribution in [0.2, 0.25) is 0 Å². The number of hydrogen-bond acceptors (Lipinski definition) is 4. The van der Waals surface area contributed by atoms with Gasteiger partial charge < -0.3 is 10.1 Å². The summed E-state index contributed by atoms with van der Waals surface area (Å²) in [5.74, 6) is -0.940. The summed E-state index contributed by atoms with van der Waals surface area (Å²) in [5.41, 5.74) is 0.449. The van der Waals surface area contributed by atoms with Crippen LogP contribution in [0, 0.1) is 5.92 Å². The number of carbonyl (C=O) groups is 3. The van der Waals surface area contributed by atoms with Crippen LogP contribution in [0.1, 0.15) is 36.0 Å². The number of ketones is 1. The summed E-state index contributed by atoms with van der Waals surface area (Å²) in [7, 11) is 1.28. The maximum absolute atomic E-state index is 12.3. The summed E-state index contributed by atoms with van der Waals surface area (Å²) >= 11 is 3.31. The minimum absolute atomic E-state index is 0.127. The van der Waals surface area contributed by atoms with E-state index in [0.29, 0.717) is 18.4 Å². The van der Waals surface area contributed by atoms with Gasteiger partial charge in [0, 0.05) is 22.9 Å². The van der Waals surface area contributed by atoms with Crippen molar-refractivity contribution in [3.05, 3.63) is 34.3 Å². The topological polar surface area (TPSA) is 72.5 Å². The first-order valence-corrected chi connectivity index (χ1v) is 7.96. The number of methoxy groups -OCH3 is 1. The second-order valence-corrected chi connectivity index (χ2v) is 6.30. The Kier molecular flexibility index (Phi) is 5.71. The van der Waals surface area contributed by atoms with Crippen molar-refractivity contribution in [1.82, 2.24) is 5.32 Å². The largest absolute Gasteiger partial charge is 0.467 e. The van der Waals surface area contributed by atoms with Crippen LogP contribution >= 0.6 is 15.9 Å². The fourth-order valence-electron chi connectivity index (χ4n) is 2.69. The van der Waals surface area contributed by atoms with Crippen molar-refractivity contribution >= 4 is 33.6 Å². The highest BCUT2D eigenvalue weighted by molar-refractivity contribution is 9.10. The van der Waals surface area contributed by atoms with E-state index in [-0.39, 0.29) is 17.6 Å². The van der Waals surface area contributed by atoms with Crippen LogP contribution in [0.15, 0.2) is 28.7 Å². The second-order valence-electron chi connectivity index (χ2n) is 5.38. The van der Waals surface area contributed by atoms with Gasteiger partial charge in [0.2, 0.25) is 0 Å². The lowest BCUT2D eigenvalue weighted by molar-refractivity contribution is -0.145. The molecule has 1 amide bonds. The summed E-state index contributed by atoms with van der Waals surface area (Å²) in [6, 6.07) is 6.11. The number of hydrogen-bond donors (Lipinski definition) is 1. The number of rotatable bonds is 4. The lowest BCUT2D eigenvalue weighted by atomic mass is 9.83. The standard InChI is InChI=1S/C16H18BrNO4/c1-22-16(21)14(10-4-3-7-13(19)9-10)18-15(20)11-5-2-6-12(17)8-11/h2,5-6,8,10,14H,3-4,7,9H2,1H3,(H,18,20)/t10-,14+/m1/s1. The number of halogens is 1. The molecule has 0 aromatic heterocycles. The minimum Gasteiger partial charge on any atom is -0.467 e. The van der Waals surface area contributed by atoms with Gasteiger partial charge in [-0.2, -0.15) is 0 Å². The fourth-order valence-corrected chi connectivity index (χ4v) is 3.09. The van der Waals surface area contributed by atoms with Crippen LogP contribution in [0.25, 0.3) is 0 Å². The number of Topliss-reactive ketones (excluding diaryl/α,β-unsaturated/α-hetero) is 1. The van der Waals surface area contributed by atoms with E-state index in [0.717, 1.165) is 17.3 Å². The van der Waals surface area contributed by atoms with Gasteiger partial charge >= 0.3 is 5.97 Å². The highest BCUT2D eigenvalue weighted by Crippen LogP contribution is 2.25. The summed E-state index contributed by atoms with van der Waals surface area (Å²) in [5, 5.41) is 2.71. The predicted molar refractivity (Wildman–Crippen MR) is 84.4 cm³/mol. The molecule has 1 saturated carbocycles. The van der Waals surface area contributed by atoms with Gasteiger partial charge in [0.15, 0.2) is 0 Å². The summed E-state index contributed by atoms with van der Waals surface area (Å²) in [4.78, 5) is 35.9. The van der Waals surface area contributed by atoms with Crippen LogP contribution < -0.4 is 5.32 Å². The monoisotopic (exact) mass is 367 g/mol. The molecule has 0 radical (unpaired) electrons. The molecule has 0 aliphatic heterocycles. The summed E-state index contributed by atoms with van der Waals surface area (Å²) in [6.45, 7) is 0. The van der Waals surface area contributed by atoms with Gasteiger partial charge in [0.05, 0.1) is 7.11 Å². The number of amides is 1. The average molecular weight is 368 g/mol. The Morgan fingerprint density at radius 3 is 2.82 bits per heavy atom. The quantitative estimate of drug-likeness (QED) is 0.829. The van der Waals surface area contributed by atoms with Gasteiger partial charge in [-0.15, -0.1) is 0 Å². The van der Waals surface area contributed by atoms with Crippen molar-refractivity contribution in [3.8, 4) is 0 Å². The number of benzene rings is 1. The van der Waals surface area contributed by atoms with Gasteiger partial charge in [0.25, 0.3) is 5.91 Å². The van der Waals surface area contributed by atoms with Crippen molar-refractivity contribution in [2.75, 3.05) is 7.11 Å². The van der Waals surface area contributed by atoms with Crippen LogP contribution in [0.5, 0.6) is 0 Å². The van der Waals surface area contributed by atoms with Crippen LogP contribution in [-0.2, 0) is 14.3 Å². The first-order chi connectivity index (χ1) is 10.5. The first-order valence-electron chi connectivity index (χ1n) is 7.17. The van der Waals surface area contributed by atoms with E-state index >= 15 is 0 Å². The molecule has 22 heavy (non-hydrogen) atoms. The Bertz CT molecular complexity index is 587. The van der Waals surface area contributed by atoms with E-state index in [2.05, 4.69) is 21.2 Å².